The van der Waals surface area contributed by atoms with Crippen LogP contribution in [-0.4, -0.2) is 37.4 Å². The van der Waals surface area contributed by atoms with E-state index in [-0.39, 0.29) is 12.7 Å². The van der Waals surface area contributed by atoms with Gasteiger partial charge in [0, 0.05) is 13.1 Å². The second kappa shape index (κ2) is 7.47. The SMILES string of the molecule is CCC1CCCN(C(=O)OCCF)CCC1. The summed E-state index contributed by atoms with van der Waals surface area (Å²) in [7, 11) is 0. The van der Waals surface area contributed by atoms with Crippen molar-refractivity contribution in [3.05, 3.63) is 0 Å². The lowest BCUT2D eigenvalue weighted by Crippen LogP contribution is -2.35. The highest BCUT2D eigenvalue weighted by Gasteiger charge is 2.18. The van der Waals surface area contributed by atoms with Gasteiger partial charge < -0.3 is 9.64 Å². The Bertz CT molecular complexity index is 201. The number of nitrogens with zero attached hydrogens (tertiary/aromatic N) is 1. The molecule has 0 aromatic carbocycles. The van der Waals surface area contributed by atoms with Gasteiger partial charge in [-0.15, -0.1) is 0 Å². The van der Waals surface area contributed by atoms with Crippen LogP contribution < -0.4 is 0 Å². The molecule has 0 aliphatic carbocycles. The standard InChI is InChI=1S/C12H22FNO2/c1-2-11-5-3-8-14(9-4-6-11)12(15)16-10-7-13/h11H,2-10H2,1H3. The zero-order valence-corrected chi connectivity index (χ0v) is 10.1. The van der Waals surface area contributed by atoms with E-state index in [1.807, 2.05) is 0 Å². The molecular formula is C12H22FNO2. The van der Waals surface area contributed by atoms with Gasteiger partial charge >= 0.3 is 6.09 Å². The van der Waals surface area contributed by atoms with Crippen molar-refractivity contribution in [2.24, 2.45) is 5.92 Å². The Morgan fingerprint density at radius 3 is 2.50 bits per heavy atom. The normalized spacial score (nSPS) is 19.0. The summed E-state index contributed by atoms with van der Waals surface area (Å²) < 4.78 is 16.7. The second-order valence-corrected chi connectivity index (χ2v) is 4.35. The van der Waals surface area contributed by atoms with E-state index in [9.17, 15) is 9.18 Å². The summed E-state index contributed by atoms with van der Waals surface area (Å²) in [5.41, 5.74) is 0. The van der Waals surface area contributed by atoms with Crippen LogP contribution in [0.25, 0.3) is 0 Å². The molecule has 1 fully saturated rings. The Labute approximate surface area is 96.9 Å². The maximum absolute atomic E-state index is 11.9. The molecule has 0 atom stereocenters. The molecular weight excluding hydrogens is 209 g/mol. The lowest BCUT2D eigenvalue weighted by molar-refractivity contribution is 0.0913. The number of amides is 1. The van der Waals surface area contributed by atoms with Crippen LogP contribution in [0.4, 0.5) is 9.18 Å². The molecule has 1 aliphatic rings. The van der Waals surface area contributed by atoms with Crippen LogP contribution in [0.15, 0.2) is 0 Å². The molecule has 0 bridgehead atoms. The Hall–Kier alpha value is -0.800. The third-order valence-electron chi connectivity index (χ3n) is 3.22. The maximum atomic E-state index is 11.9. The highest BCUT2D eigenvalue weighted by Crippen LogP contribution is 2.20. The third-order valence-corrected chi connectivity index (χ3v) is 3.22. The van der Waals surface area contributed by atoms with Gasteiger partial charge in [0.2, 0.25) is 0 Å². The molecule has 0 saturated carbocycles. The van der Waals surface area contributed by atoms with Crippen LogP contribution in [0, 0.1) is 5.92 Å². The van der Waals surface area contributed by atoms with Crippen molar-refractivity contribution < 1.29 is 13.9 Å². The number of carbonyl (C=O) groups excluding carboxylic acids is 1. The fourth-order valence-corrected chi connectivity index (χ4v) is 2.21. The Kier molecular flexibility index (Phi) is 6.19. The molecule has 16 heavy (non-hydrogen) atoms. The second-order valence-electron chi connectivity index (χ2n) is 4.35. The summed E-state index contributed by atoms with van der Waals surface area (Å²) >= 11 is 0. The monoisotopic (exact) mass is 231 g/mol. The van der Waals surface area contributed by atoms with E-state index in [0.717, 1.165) is 31.8 Å². The van der Waals surface area contributed by atoms with E-state index in [4.69, 9.17) is 4.74 Å². The third kappa shape index (κ3) is 4.37. The molecule has 0 aromatic heterocycles. The Balaban J connectivity index is 2.31. The molecule has 1 rings (SSSR count). The molecule has 94 valence electrons. The molecule has 1 saturated heterocycles. The van der Waals surface area contributed by atoms with Crippen molar-refractivity contribution in [3.63, 3.8) is 0 Å². The van der Waals surface area contributed by atoms with Crippen molar-refractivity contribution in [1.29, 1.82) is 0 Å². The number of ether oxygens (including phenoxy) is 1. The number of likely N-dealkylation sites (tertiary alicyclic amines) is 1. The molecule has 1 amide bonds. The zero-order valence-electron chi connectivity index (χ0n) is 10.1. The first-order chi connectivity index (χ1) is 7.77. The largest absolute Gasteiger partial charge is 0.447 e. The molecule has 0 unspecified atom stereocenters. The fraction of sp³-hybridized carbons (Fsp3) is 0.917. The van der Waals surface area contributed by atoms with Crippen molar-refractivity contribution in [1.82, 2.24) is 4.90 Å². The van der Waals surface area contributed by atoms with Gasteiger partial charge in [-0.05, 0) is 31.6 Å². The van der Waals surface area contributed by atoms with Gasteiger partial charge in [0.25, 0.3) is 0 Å². The minimum Gasteiger partial charge on any atom is -0.447 e. The number of carbonyl (C=O) groups is 1. The Morgan fingerprint density at radius 1 is 1.38 bits per heavy atom. The predicted octanol–water partition coefficient (Wildman–Crippen LogP) is 2.99. The highest BCUT2D eigenvalue weighted by molar-refractivity contribution is 5.67. The first-order valence-electron chi connectivity index (χ1n) is 6.25. The number of halogens is 1. The van der Waals surface area contributed by atoms with E-state index >= 15 is 0 Å². The molecule has 0 N–H and O–H groups in total. The summed E-state index contributed by atoms with van der Waals surface area (Å²) in [5.74, 6) is 0.809. The van der Waals surface area contributed by atoms with Gasteiger partial charge in [-0.25, -0.2) is 9.18 Å². The number of hydrogen-bond acceptors (Lipinski definition) is 2. The van der Waals surface area contributed by atoms with E-state index in [1.54, 1.807) is 4.90 Å². The minimum absolute atomic E-state index is 0.118. The van der Waals surface area contributed by atoms with Crippen molar-refractivity contribution in [2.75, 3.05) is 26.4 Å². The summed E-state index contributed by atoms with van der Waals surface area (Å²) in [6, 6.07) is 0. The molecule has 4 heteroatoms. The predicted molar refractivity (Wildman–Crippen MR) is 61.1 cm³/mol. The fourth-order valence-electron chi connectivity index (χ4n) is 2.21. The summed E-state index contributed by atoms with van der Waals surface area (Å²) in [6.07, 6.45) is 5.30. The van der Waals surface area contributed by atoms with Crippen LogP contribution >= 0.6 is 0 Å². The van der Waals surface area contributed by atoms with Crippen LogP contribution in [0.3, 0.4) is 0 Å². The van der Waals surface area contributed by atoms with Crippen molar-refractivity contribution >= 4 is 6.09 Å². The van der Waals surface area contributed by atoms with E-state index in [0.29, 0.717) is 0 Å². The van der Waals surface area contributed by atoms with Crippen LogP contribution in [0.1, 0.15) is 39.0 Å². The zero-order chi connectivity index (χ0) is 11.8. The summed E-state index contributed by atoms with van der Waals surface area (Å²) in [5, 5.41) is 0. The molecule has 0 spiro atoms. The van der Waals surface area contributed by atoms with Gasteiger partial charge in [-0.3, -0.25) is 0 Å². The van der Waals surface area contributed by atoms with Gasteiger partial charge in [-0.1, -0.05) is 13.3 Å². The molecule has 1 aliphatic heterocycles. The van der Waals surface area contributed by atoms with Gasteiger partial charge in [0.05, 0.1) is 0 Å². The minimum atomic E-state index is -0.600. The summed E-state index contributed by atoms with van der Waals surface area (Å²) in [6.45, 7) is 3.01. The lowest BCUT2D eigenvalue weighted by atomic mass is 9.93. The lowest BCUT2D eigenvalue weighted by Gasteiger charge is -2.26. The van der Waals surface area contributed by atoms with Gasteiger partial charge in [0.1, 0.15) is 13.3 Å². The first-order valence-corrected chi connectivity index (χ1v) is 6.25. The number of hydrogen-bond donors (Lipinski definition) is 0. The number of alkyl halides is 1. The first kappa shape index (κ1) is 13.3. The topological polar surface area (TPSA) is 29.5 Å². The summed E-state index contributed by atoms with van der Waals surface area (Å²) in [4.78, 5) is 13.2. The molecule has 1 heterocycles. The van der Waals surface area contributed by atoms with Crippen LogP contribution in [-0.2, 0) is 4.74 Å². The smallest absolute Gasteiger partial charge is 0.409 e. The average molecular weight is 231 g/mol. The van der Waals surface area contributed by atoms with Crippen LogP contribution in [0.2, 0.25) is 0 Å². The maximum Gasteiger partial charge on any atom is 0.409 e. The van der Waals surface area contributed by atoms with Gasteiger partial charge in [0.15, 0.2) is 0 Å². The number of rotatable bonds is 3. The van der Waals surface area contributed by atoms with Crippen LogP contribution in [0.5, 0.6) is 0 Å². The molecule has 0 aromatic rings. The van der Waals surface area contributed by atoms with Gasteiger partial charge in [-0.2, -0.15) is 0 Å². The van der Waals surface area contributed by atoms with E-state index in [2.05, 4.69) is 6.92 Å². The van der Waals surface area contributed by atoms with Crippen molar-refractivity contribution in [3.8, 4) is 0 Å². The highest BCUT2D eigenvalue weighted by atomic mass is 19.1. The molecule has 3 nitrogen and oxygen atoms in total. The van der Waals surface area contributed by atoms with E-state index in [1.165, 1.54) is 19.3 Å². The molecule has 0 radical (unpaired) electrons. The van der Waals surface area contributed by atoms with E-state index < -0.39 is 6.67 Å². The average Bonchev–Trinajstić information content (AvgIpc) is 2.26. The quantitative estimate of drug-likeness (QED) is 0.747. The van der Waals surface area contributed by atoms with Crippen molar-refractivity contribution in [2.45, 2.75) is 39.0 Å². The Morgan fingerprint density at radius 2 is 2.00 bits per heavy atom.